The molecule has 0 radical (unpaired) electrons. The Morgan fingerprint density at radius 1 is 1.33 bits per heavy atom. The first-order chi connectivity index (χ1) is 6.74. The Balaban J connectivity index is 3.94. The lowest BCUT2D eigenvalue weighted by atomic mass is 10.2. The van der Waals surface area contributed by atoms with Crippen molar-refractivity contribution in [2.24, 2.45) is 11.7 Å². The first-order valence-corrected chi connectivity index (χ1v) is 6.81. The van der Waals surface area contributed by atoms with Crippen LogP contribution in [0.5, 0.6) is 0 Å². The Kier molecular flexibility index (Phi) is 6.35. The van der Waals surface area contributed by atoms with Crippen molar-refractivity contribution in [1.29, 1.82) is 0 Å². The Bertz CT molecular complexity index is 263. The van der Waals surface area contributed by atoms with Crippen molar-refractivity contribution >= 4 is 10.0 Å². The normalized spacial score (nSPS) is 16.7. The van der Waals surface area contributed by atoms with E-state index in [-0.39, 0.29) is 12.3 Å². The van der Waals surface area contributed by atoms with Gasteiger partial charge in [0.05, 0.1) is 11.9 Å². The van der Waals surface area contributed by atoms with Crippen LogP contribution in [0.4, 0.5) is 0 Å². The van der Waals surface area contributed by atoms with Crippen molar-refractivity contribution in [3.8, 4) is 0 Å². The maximum absolute atomic E-state index is 11.4. The molecule has 0 aliphatic heterocycles. The van der Waals surface area contributed by atoms with Gasteiger partial charge in [0.25, 0.3) is 0 Å². The van der Waals surface area contributed by atoms with Crippen LogP contribution in [0.25, 0.3) is 0 Å². The molecule has 0 saturated heterocycles. The van der Waals surface area contributed by atoms with E-state index in [1.807, 2.05) is 13.8 Å². The Morgan fingerprint density at radius 3 is 2.27 bits per heavy atom. The fourth-order valence-corrected chi connectivity index (χ4v) is 2.23. The average molecular weight is 238 g/mol. The summed E-state index contributed by atoms with van der Waals surface area (Å²) in [5, 5.41) is 9.08. The third kappa shape index (κ3) is 7.72. The minimum atomic E-state index is -3.25. The van der Waals surface area contributed by atoms with Gasteiger partial charge < -0.3 is 10.8 Å². The Morgan fingerprint density at radius 2 is 1.87 bits per heavy atom. The average Bonchev–Trinajstić information content (AvgIpc) is 2.11. The summed E-state index contributed by atoms with van der Waals surface area (Å²) in [4.78, 5) is 0. The van der Waals surface area contributed by atoms with Gasteiger partial charge in [0.1, 0.15) is 0 Å². The first kappa shape index (κ1) is 14.8. The lowest BCUT2D eigenvalue weighted by molar-refractivity contribution is 0.164. The van der Waals surface area contributed by atoms with E-state index in [0.717, 1.165) is 0 Å². The van der Waals surface area contributed by atoms with E-state index in [1.165, 1.54) is 6.92 Å². The lowest BCUT2D eigenvalue weighted by Crippen LogP contribution is -2.44. The molecule has 0 aromatic heterocycles. The van der Waals surface area contributed by atoms with Crippen LogP contribution in [0.1, 0.15) is 27.2 Å². The number of sulfonamides is 1. The molecular formula is C9H22N2O3S. The topological polar surface area (TPSA) is 92.4 Å². The molecule has 0 amide bonds. The first-order valence-electron chi connectivity index (χ1n) is 5.15. The number of aliphatic hydroxyl groups is 1. The van der Waals surface area contributed by atoms with Crippen LogP contribution in [0, 0.1) is 5.92 Å². The van der Waals surface area contributed by atoms with Crippen molar-refractivity contribution in [2.45, 2.75) is 39.3 Å². The third-order valence-corrected chi connectivity index (χ3v) is 3.50. The monoisotopic (exact) mass is 238 g/mol. The maximum Gasteiger partial charge on any atom is 0.211 e. The van der Waals surface area contributed by atoms with E-state index in [1.54, 1.807) is 0 Å². The molecule has 6 heteroatoms. The smallest absolute Gasteiger partial charge is 0.211 e. The summed E-state index contributed by atoms with van der Waals surface area (Å²) in [5.41, 5.74) is 5.50. The van der Waals surface area contributed by atoms with Crippen molar-refractivity contribution in [3.05, 3.63) is 0 Å². The number of hydrogen-bond acceptors (Lipinski definition) is 4. The highest BCUT2D eigenvalue weighted by molar-refractivity contribution is 7.89. The molecule has 92 valence electrons. The summed E-state index contributed by atoms with van der Waals surface area (Å²) in [6.07, 6.45) is -0.0861. The number of rotatable bonds is 7. The number of hydrogen-bond donors (Lipinski definition) is 3. The van der Waals surface area contributed by atoms with Crippen molar-refractivity contribution in [3.63, 3.8) is 0 Å². The van der Waals surface area contributed by atoms with Gasteiger partial charge >= 0.3 is 0 Å². The van der Waals surface area contributed by atoms with E-state index >= 15 is 0 Å². The second-order valence-corrected chi connectivity index (χ2v) is 6.18. The largest absolute Gasteiger partial charge is 0.392 e. The fraction of sp³-hybridized carbons (Fsp3) is 1.00. The molecule has 4 N–H and O–H groups in total. The molecule has 0 heterocycles. The number of nitrogens with two attached hydrogens (primary N) is 1. The zero-order chi connectivity index (χ0) is 12.1. The Hall–Kier alpha value is -0.170. The molecule has 0 aliphatic rings. The second kappa shape index (κ2) is 6.42. The van der Waals surface area contributed by atoms with Crippen molar-refractivity contribution < 1.29 is 13.5 Å². The molecule has 0 saturated carbocycles. The molecule has 0 rings (SSSR count). The predicted molar refractivity (Wildman–Crippen MR) is 60.9 cm³/mol. The van der Waals surface area contributed by atoms with E-state index < -0.39 is 22.2 Å². The summed E-state index contributed by atoms with van der Waals surface area (Å²) in [7, 11) is -3.25. The van der Waals surface area contributed by atoms with Crippen LogP contribution in [-0.4, -0.2) is 38.0 Å². The van der Waals surface area contributed by atoms with Gasteiger partial charge in [-0.05, 0) is 19.3 Å². The van der Waals surface area contributed by atoms with Gasteiger partial charge in [0, 0.05) is 12.6 Å². The second-order valence-electron chi connectivity index (χ2n) is 4.25. The van der Waals surface area contributed by atoms with Crippen LogP contribution in [0.2, 0.25) is 0 Å². The molecule has 0 fully saturated rings. The zero-order valence-corrected chi connectivity index (χ0v) is 10.4. The van der Waals surface area contributed by atoms with Gasteiger partial charge in [-0.3, -0.25) is 0 Å². The van der Waals surface area contributed by atoms with Crippen LogP contribution in [0.3, 0.4) is 0 Å². The molecule has 0 aliphatic carbocycles. The van der Waals surface area contributed by atoms with E-state index in [4.69, 9.17) is 10.8 Å². The number of aliphatic hydroxyl groups excluding tert-OH is 1. The number of nitrogens with one attached hydrogen (secondary N) is 1. The highest BCUT2D eigenvalue weighted by Gasteiger charge is 2.15. The molecule has 0 bridgehead atoms. The van der Waals surface area contributed by atoms with Crippen LogP contribution >= 0.6 is 0 Å². The van der Waals surface area contributed by atoms with Gasteiger partial charge in [-0.2, -0.15) is 0 Å². The summed E-state index contributed by atoms with van der Waals surface area (Å²) < 4.78 is 25.2. The fourth-order valence-electron chi connectivity index (χ4n) is 0.857. The summed E-state index contributed by atoms with van der Waals surface area (Å²) in [6, 6.07) is -0.557. The third-order valence-electron chi connectivity index (χ3n) is 2.12. The lowest BCUT2D eigenvalue weighted by Gasteiger charge is -2.15. The van der Waals surface area contributed by atoms with Crippen LogP contribution < -0.4 is 10.5 Å². The summed E-state index contributed by atoms with van der Waals surface area (Å²) >= 11 is 0. The minimum absolute atomic E-state index is 0.0814. The van der Waals surface area contributed by atoms with E-state index in [2.05, 4.69) is 4.72 Å². The standard InChI is InChI=1S/C9H22N2O3S/c1-7(2)4-5-15(13,14)11-6-9(10)8(3)12/h7-9,11-12H,4-6,10H2,1-3H3. The quantitative estimate of drug-likeness (QED) is 0.566. The molecule has 2 unspecified atom stereocenters. The SMILES string of the molecule is CC(C)CCS(=O)(=O)NCC(N)C(C)O. The van der Waals surface area contributed by atoms with Gasteiger partial charge in [-0.1, -0.05) is 13.8 Å². The molecule has 15 heavy (non-hydrogen) atoms. The molecule has 0 spiro atoms. The molecule has 0 aromatic rings. The van der Waals surface area contributed by atoms with Gasteiger partial charge in [-0.25, -0.2) is 13.1 Å². The highest BCUT2D eigenvalue weighted by atomic mass is 32.2. The predicted octanol–water partition coefficient (Wildman–Crippen LogP) is -0.340. The van der Waals surface area contributed by atoms with Crippen LogP contribution in [-0.2, 0) is 10.0 Å². The Labute approximate surface area is 92.1 Å². The van der Waals surface area contributed by atoms with E-state index in [0.29, 0.717) is 12.3 Å². The molecular weight excluding hydrogens is 216 g/mol. The minimum Gasteiger partial charge on any atom is -0.392 e. The van der Waals surface area contributed by atoms with Gasteiger partial charge in [-0.15, -0.1) is 0 Å². The zero-order valence-electron chi connectivity index (χ0n) is 9.60. The van der Waals surface area contributed by atoms with Gasteiger partial charge in [0.15, 0.2) is 0 Å². The maximum atomic E-state index is 11.4. The van der Waals surface area contributed by atoms with E-state index in [9.17, 15) is 8.42 Å². The summed E-state index contributed by atoms with van der Waals surface area (Å²) in [6.45, 7) is 5.55. The highest BCUT2D eigenvalue weighted by Crippen LogP contribution is 2.01. The van der Waals surface area contributed by atoms with Gasteiger partial charge in [0.2, 0.25) is 10.0 Å². The van der Waals surface area contributed by atoms with Crippen LogP contribution in [0.15, 0.2) is 0 Å². The van der Waals surface area contributed by atoms with Crippen molar-refractivity contribution in [2.75, 3.05) is 12.3 Å². The summed E-state index contributed by atoms with van der Waals surface area (Å²) in [5.74, 6) is 0.462. The molecule has 5 nitrogen and oxygen atoms in total. The van der Waals surface area contributed by atoms with Crippen molar-refractivity contribution in [1.82, 2.24) is 4.72 Å². The molecule has 2 atom stereocenters. The molecule has 0 aromatic carbocycles.